The number of pyridine rings is 1. The van der Waals surface area contributed by atoms with Crippen LogP contribution in [0.2, 0.25) is 0 Å². The van der Waals surface area contributed by atoms with Gasteiger partial charge < -0.3 is 10.6 Å². The summed E-state index contributed by atoms with van der Waals surface area (Å²) in [6, 6.07) is 3.98. The number of piperazine rings is 1. The van der Waals surface area contributed by atoms with Gasteiger partial charge in [0.2, 0.25) is 0 Å². The van der Waals surface area contributed by atoms with E-state index in [1.807, 2.05) is 19.1 Å². The Hall–Kier alpha value is -1.29. The van der Waals surface area contributed by atoms with Crippen molar-refractivity contribution in [2.75, 3.05) is 36.8 Å². The van der Waals surface area contributed by atoms with E-state index < -0.39 is 0 Å². The molecule has 2 N–H and O–H groups in total. The Morgan fingerprint density at radius 1 is 1.11 bits per heavy atom. The number of aromatic nitrogens is 1. The van der Waals surface area contributed by atoms with Crippen LogP contribution in [-0.2, 0) is 0 Å². The Bertz CT molecular complexity index is 414. The summed E-state index contributed by atoms with van der Waals surface area (Å²) >= 11 is 0. The first-order valence-electron chi connectivity index (χ1n) is 6.61. The van der Waals surface area contributed by atoms with Gasteiger partial charge in [-0.2, -0.15) is 0 Å². The summed E-state index contributed by atoms with van der Waals surface area (Å²) in [4.78, 5) is 9.43. The Balaban J connectivity index is 2.03. The van der Waals surface area contributed by atoms with Gasteiger partial charge in [-0.3, -0.25) is 4.90 Å². The first-order valence-corrected chi connectivity index (χ1v) is 6.61. The molecule has 1 aromatic rings. The second-order valence-corrected chi connectivity index (χ2v) is 5.99. The lowest BCUT2D eigenvalue weighted by Crippen LogP contribution is -2.53. The normalized spacial score (nSPS) is 18.1. The summed E-state index contributed by atoms with van der Waals surface area (Å²) in [6.07, 6.45) is 0. The van der Waals surface area contributed by atoms with Crippen LogP contribution in [-0.4, -0.2) is 41.6 Å². The maximum atomic E-state index is 5.81. The highest BCUT2D eigenvalue weighted by Gasteiger charge is 2.26. The summed E-state index contributed by atoms with van der Waals surface area (Å²) < 4.78 is 0. The van der Waals surface area contributed by atoms with Crippen LogP contribution in [0.1, 0.15) is 26.5 Å². The van der Waals surface area contributed by atoms with Crippen molar-refractivity contribution in [2.45, 2.75) is 33.2 Å². The molecule has 0 amide bonds. The second-order valence-electron chi connectivity index (χ2n) is 5.99. The minimum absolute atomic E-state index is 0.260. The fourth-order valence-electron chi connectivity index (χ4n) is 2.34. The Kier molecular flexibility index (Phi) is 3.48. The van der Waals surface area contributed by atoms with Crippen molar-refractivity contribution in [3.63, 3.8) is 0 Å². The van der Waals surface area contributed by atoms with Gasteiger partial charge in [0.25, 0.3) is 0 Å². The third-order valence-electron chi connectivity index (χ3n) is 3.66. The molecule has 1 aromatic heterocycles. The molecular formula is C14H24N4. The van der Waals surface area contributed by atoms with E-state index in [1.54, 1.807) is 0 Å². The highest BCUT2D eigenvalue weighted by molar-refractivity contribution is 5.50. The quantitative estimate of drug-likeness (QED) is 0.824. The van der Waals surface area contributed by atoms with Crippen molar-refractivity contribution < 1.29 is 0 Å². The van der Waals surface area contributed by atoms with Gasteiger partial charge in [-0.15, -0.1) is 0 Å². The zero-order valence-corrected chi connectivity index (χ0v) is 11.9. The standard InChI is InChI=1S/C14H24N4/c1-11-12(15)5-6-13(16-11)17-7-9-18(10-8-17)14(2,3)4/h5-6H,7-10,15H2,1-4H3. The Morgan fingerprint density at radius 2 is 1.72 bits per heavy atom. The summed E-state index contributed by atoms with van der Waals surface area (Å²) in [5.74, 6) is 1.05. The van der Waals surface area contributed by atoms with Crippen molar-refractivity contribution in [1.29, 1.82) is 0 Å². The van der Waals surface area contributed by atoms with E-state index in [1.165, 1.54) is 0 Å². The molecule has 1 aliphatic rings. The number of hydrogen-bond acceptors (Lipinski definition) is 4. The SMILES string of the molecule is Cc1nc(N2CCN(C(C)(C)C)CC2)ccc1N. The van der Waals surface area contributed by atoms with Gasteiger partial charge >= 0.3 is 0 Å². The van der Waals surface area contributed by atoms with Gasteiger partial charge in [-0.25, -0.2) is 4.98 Å². The molecule has 0 aliphatic carbocycles. The largest absolute Gasteiger partial charge is 0.397 e. The maximum Gasteiger partial charge on any atom is 0.129 e. The summed E-state index contributed by atoms with van der Waals surface area (Å²) in [5.41, 5.74) is 7.76. The fraction of sp³-hybridized carbons (Fsp3) is 0.643. The fourth-order valence-corrected chi connectivity index (χ4v) is 2.34. The first kappa shape index (κ1) is 13.1. The minimum Gasteiger partial charge on any atom is -0.397 e. The molecule has 2 rings (SSSR count). The average molecular weight is 248 g/mol. The van der Waals surface area contributed by atoms with E-state index in [2.05, 4.69) is 35.6 Å². The summed E-state index contributed by atoms with van der Waals surface area (Å²) in [7, 11) is 0. The van der Waals surface area contributed by atoms with E-state index in [0.29, 0.717) is 0 Å². The number of hydrogen-bond donors (Lipinski definition) is 1. The Labute approximate surface area is 110 Å². The molecule has 1 aliphatic heterocycles. The summed E-state index contributed by atoms with van der Waals surface area (Å²) in [6.45, 7) is 13.0. The minimum atomic E-state index is 0.260. The molecule has 0 atom stereocenters. The van der Waals surface area contributed by atoms with Crippen molar-refractivity contribution in [1.82, 2.24) is 9.88 Å². The smallest absolute Gasteiger partial charge is 0.129 e. The summed E-state index contributed by atoms with van der Waals surface area (Å²) in [5, 5.41) is 0. The van der Waals surface area contributed by atoms with Crippen LogP contribution in [0.3, 0.4) is 0 Å². The third kappa shape index (κ3) is 2.75. The van der Waals surface area contributed by atoms with Crippen LogP contribution < -0.4 is 10.6 Å². The number of nitrogens with zero attached hydrogens (tertiary/aromatic N) is 3. The second kappa shape index (κ2) is 4.76. The van der Waals surface area contributed by atoms with Crippen LogP contribution in [0.25, 0.3) is 0 Å². The van der Waals surface area contributed by atoms with Crippen molar-refractivity contribution in [2.24, 2.45) is 0 Å². The molecule has 1 fully saturated rings. The zero-order valence-electron chi connectivity index (χ0n) is 11.9. The van der Waals surface area contributed by atoms with Gasteiger partial charge in [0.05, 0.1) is 11.4 Å². The van der Waals surface area contributed by atoms with Crippen LogP contribution in [0, 0.1) is 6.92 Å². The molecule has 4 heteroatoms. The zero-order chi connectivity index (χ0) is 13.3. The molecule has 2 heterocycles. The van der Waals surface area contributed by atoms with E-state index in [9.17, 15) is 0 Å². The van der Waals surface area contributed by atoms with Crippen LogP contribution in [0.4, 0.5) is 11.5 Å². The average Bonchev–Trinajstić information content (AvgIpc) is 2.32. The Morgan fingerprint density at radius 3 is 2.22 bits per heavy atom. The first-order chi connectivity index (χ1) is 8.38. The predicted octanol–water partition coefficient (Wildman–Crippen LogP) is 1.89. The van der Waals surface area contributed by atoms with Crippen molar-refractivity contribution in [3.8, 4) is 0 Å². The van der Waals surface area contributed by atoms with E-state index >= 15 is 0 Å². The van der Waals surface area contributed by atoms with Gasteiger partial charge in [0, 0.05) is 31.7 Å². The number of rotatable bonds is 1. The van der Waals surface area contributed by atoms with Crippen LogP contribution in [0.15, 0.2) is 12.1 Å². The lowest BCUT2D eigenvalue weighted by Gasteiger charge is -2.42. The monoisotopic (exact) mass is 248 g/mol. The molecule has 0 bridgehead atoms. The van der Waals surface area contributed by atoms with E-state index in [0.717, 1.165) is 43.4 Å². The molecule has 4 nitrogen and oxygen atoms in total. The maximum absolute atomic E-state index is 5.81. The highest BCUT2D eigenvalue weighted by atomic mass is 15.3. The molecule has 18 heavy (non-hydrogen) atoms. The number of aryl methyl sites for hydroxylation is 1. The van der Waals surface area contributed by atoms with Crippen molar-refractivity contribution >= 4 is 11.5 Å². The molecule has 0 unspecified atom stereocenters. The topological polar surface area (TPSA) is 45.4 Å². The molecule has 100 valence electrons. The third-order valence-corrected chi connectivity index (χ3v) is 3.66. The van der Waals surface area contributed by atoms with Crippen LogP contribution >= 0.6 is 0 Å². The number of nitrogens with two attached hydrogens (primary N) is 1. The van der Waals surface area contributed by atoms with Gasteiger partial charge in [-0.05, 0) is 39.8 Å². The molecular weight excluding hydrogens is 224 g/mol. The number of anilines is 2. The van der Waals surface area contributed by atoms with E-state index in [4.69, 9.17) is 5.73 Å². The lowest BCUT2D eigenvalue weighted by molar-refractivity contribution is 0.128. The predicted molar refractivity (Wildman–Crippen MR) is 76.9 cm³/mol. The van der Waals surface area contributed by atoms with Gasteiger partial charge in [-0.1, -0.05) is 0 Å². The molecule has 1 saturated heterocycles. The van der Waals surface area contributed by atoms with E-state index in [-0.39, 0.29) is 5.54 Å². The number of nitrogen functional groups attached to an aromatic ring is 1. The van der Waals surface area contributed by atoms with Crippen LogP contribution in [0.5, 0.6) is 0 Å². The molecule has 0 aromatic carbocycles. The van der Waals surface area contributed by atoms with Gasteiger partial charge in [0.15, 0.2) is 0 Å². The van der Waals surface area contributed by atoms with Crippen molar-refractivity contribution in [3.05, 3.63) is 17.8 Å². The molecule has 0 saturated carbocycles. The highest BCUT2D eigenvalue weighted by Crippen LogP contribution is 2.21. The molecule has 0 radical (unpaired) electrons. The van der Waals surface area contributed by atoms with Gasteiger partial charge in [0.1, 0.15) is 5.82 Å². The molecule has 0 spiro atoms. The lowest BCUT2D eigenvalue weighted by atomic mass is 10.0.